The second-order valence-corrected chi connectivity index (χ2v) is 5.26. The Bertz CT molecular complexity index is 531. The van der Waals surface area contributed by atoms with Crippen LogP contribution in [0.2, 0.25) is 0 Å². The summed E-state index contributed by atoms with van der Waals surface area (Å²) in [5.41, 5.74) is 1.58. The molecule has 2 heterocycles. The van der Waals surface area contributed by atoms with Crippen molar-refractivity contribution in [3.05, 3.63) is 42.5 Å². The van der Waals surface area contributed by atoms with Gasteiger partial charge in [0.15, 0.2) is 0 Å². The normalized spacial score (nSPS) is 22.2. The van der Waals surface area contributed by atoms with E-state index in [0.29, 0.717) is 13.1 Å². The zero-order valence-corrected chi connectivity index (χ0v) is 11.3. The summed E-state index contributed by atoms with van der Waals surface area (Å²) in [5, 5.41) is 20.8. The number of rotatable bonds is 5. The Balaban J connectivity index is 1.53. The van der Waals surface area contributed by atoms with Crippen molar-refractivity contribution in [2.24, 2.45) is 0 Å². The van der Waals surface area contributed by atoms with Gasteiger partial charge in [0, 0.05) is 19.6 Å². The quantitative estimate of drug-likeness (QED) is 0.719. The summed E-state index contributed by atoms with van der Waals surface area (Å²) in [6, 6.07) is 8.14. The van der Waals surface area contributed by atoms with Crippen LogP contribution in [-0.4, -0.2) is 45.1 Å². The van der Waals surface area contributed by atoms with Crippen molar-refractivity contribution in [3.8, 4) is 5.69 Å². The third kappa shape index (κ3) is 3.04. The summed E-state index contributed by atoms with van der Waals surface area (Å²) >= 11 is 0. The number of hydrogen-bond donors (Lipinski definition) is 3. The van der Waals surface area contributed by atoms with Crippen LogP contribution >= 0.6 is 0 Å². The second kappa shape index (κ2) is 5.70. The molecule has 1 aliphatic heterocycles. The highest BCUT2D eigenvalue weighted by Crippen LogP contribution is 2.13. The Labute approximate surface area is 117 Å². The molecule has 0 aliphatic carbocycles. The minimum absolute atomic E-state index is 0.597. The minimum atomic E-state index is -0.597. The van der Waals surface area contributed by atoms with Gasteiger partial charge in [0.2, 0.25) is 0 Å². The summed E-state index contributed by atoms with van der Waals surface area (Å²) in [6.07, 6.45) is 4.01. The molecular weight excluding hydrogens is 254 g/mol. The van der Waals surface area contributed by atoms with Gasteiger partial charge >= 0.3 is 0 Å². The molecule has 0 radical (unpaired) electrons. The lowest BCUT2D eigenvalue weighted by molar-refractivity contribution is 0.0609. The number of nitrogens with zero attached hydrogens (tertiary/aromatic N) is 3. The lowest BCUT2D eigenvalue weighted by Crippen LogP contribution is -2.42. The largest absolute Gasteiger partial charge is 0.387 e. The highest BCUT2D eigenvalue weighted by molar-refractivity contribution is 5.33. The molecule has 1 unspecified atom stereocenters. The van der Waals surface area contributed by atoms with Gasteiger partial charge in [-0.2, -0.15) is 5.10 Å². The predicted octanol–water partition coefficient (Wildman–Crippen LogP) is 0.0813. The van der Waals surface area contributed by atoms with Crippen molar-refractivity contribution in [2.75, 3.05) is 19.6 Å². The minimum Gasteiger partial charge on any atom is -0.387 e. The number of hydrogen-bond acceptors (Lipinski definition) is 5. The summed E-state index contributed by atoms with van der Waals surface area (Å²) in [7, 11) is 0. The van der Waals surface area contributed by atoms with Gasteiger partial charge in [0.25, 0.3) is 0 Å². The number of aromatic nitrogens is 3. The summed E-state index contributed by atoms with van der Waals surface area (Å²) in [5.74, 6) is 0. The second-order valence-electron chi connectivity index (χ2n) is 5.26. The molecule has 6 heteroatoms. The van der Waals surface area contributed by atoms with Crippen LogP contribution in [0, 0.1) is 0 Å². The molecule has 106 valence electrons. The summed E-state index contributed by atoms with van der Waals surface area (Å²) < 4.78 is 1.73. The molecule has 3 N–H and O–H groups in total. The first kappa shape index (κ1) is 13.2. The van der Waals surface area contributed by atoms with Crippen LogP contribution in [0.4, 0.5) is 0 Å². The van der Waals surface area contributed by atoms with Crippen LogP contribution in [-0.2, 0) is 6.54 Å². The van der Waals surface area contributed by atoms with Gasteiger partial charge in [-0.1, -0.05) is 12.1 Å². The first-order valence-electron chi connectivity index (χ1n) is 6.83. The molecule has 1 aromatic heterocycles. The lowest BCUT2D eigenvalue weighted by atomic mass is 10.0. The van der Waals surface area contributed by atoms with Crippen LogP contribution in [0.1, 0.15) is 12.0 Å². The van der Waals surface area contributed by atoms with E-state index in [0.717, 1.165) is 25.2 Å². The van der Waals surface area contributed by atoms with Crippen LogP contribution in [0.3, 0.4) is 0 Å². The summed E-state index contributed by atoms with van der Waals surface area (Å²) in [6.45, 7) is 2.93. The zero-order chi connectivity index (χ0) is 13.8. The van der Waals surface area contributed by atoms with E-state index in [1.54, 1.807) is 11.0 Å². The monoisotopic (exact) mass is 273 g/mol. The third-order valence-corrected chi connectivity index (χ3v) is 3.62. The molecule has 0 bridgehead atoms. The fourth-order valence-electron chi connectivity index (χ4n) is 2.43. The molecule has 1 fully saturated rings. The molecule has 3 rings (SSSR count). The molecule has 0 saturated carbocycles. The van der Waals surface area contributed by atoms with Crippen molar-refractivity contribution < 1.29 is 5.11 Å². The van der Waals surface area contributed by atoms with Crippen molar-refractivity contribution in [1.82, 2.24) is 25.4 Å². The van der Waals surface area contributed by atoms with E-state index < -0.39 is 5.60 Å². The topological polar surface area (TPSA) is 75.0 Å². The van der Waals surface area contributed by atoms with Crippen LogP contribution in [0.25, 0.3) is 5.69 Å². The van der Waals surface area contributed by atoms with E-state index in [9.17, 15) is 5.11 Å². The van der Waals surface area contributed by atoms with Gasteiger partial charge in [0.1, 0.15) is 12.7 Å². The number of nitrogens with one attached hydrogen (secondary N) is 2. The maximum atomic E-state index is 10.2. The van der Waals surface area contributed by atoms with E-state index >= 15 is 0 Å². The molecule has 1 atom stereocenters. The molecule has 0 spiro atoms. The Morgan fingerprint density at radius 2 is 2.20 bits per heavy atom. The Kier molecular flexibility index (Phi) is 3.77. The fourth-order valence-corrected chi connectivity index (χ4v) is 2.43. The van der Waals surface area contributed by atoms with E-state index in [-0.39, 0.29) is 0 Å². The van der Waals surface area contributed by atoms with Gasteiger partial charge < -0.3 is 15.7 Å². The van der Waals surface area contributed by atoms with Crippen LogP contribution in [0.5, 0.6) is 0 Å². The molecule has 1 saturated heterocycles. The maximum Gasteiger partial charge on any atom is 0.138 e. The van der Waals surface area contributed by atoms with E-state index in [2.05, 4.69) is 32.8 Å². The van der Waals surface area contributed by atoms with Gasteiger partial charge in [-0.05, 0) is 30.7 Å². The number of β-amino-alcohol motifs (C(OH)–C–C–N with tert-alkyl or cyclic N) is 1. The molecular formula is C14H19N5O. The Morgan fingerprint density at radius 1 is 1.35 bits per heavy atom. The van der Waals surface area contributed by atoms with Gasteiger partial charge in [-0.3, -0.25) is 0 Å². The summed E-state index contributed by atoms with van der Waals surface area (Å²) in [4.78, 5) is 3.93. The van der Waals surface area contributed by atoms with Crippen molar-refractivity contribution in [3.63, 3.8) is 0 Å². The maximum absolute atomic E-state index is 10.2. The first-order chi connectivity index (χ1) is 9.75. The predicted molar refractivity (Wildman–Crippen MR) is 75.5 cm³/mol. The highest BCUT2D eigenvalue weighted by Gasteiger charge is 2.30. The van der Waals surface area contributed by atoms with E-state index in [1.807, 2.05) is 12.1 Å². The number of aliphatic hydroxyl groups is 1. The molecule has 6 nitrogen and oxygen atoms in total. The first-order valence-corrected chi connectivity index (χ1v) is 6.83. The van der Waals surface area contributed by atoms with Crippen LogP contribution < -0.4 is 10.6 Å². The van der Waals surface area contributed by atoms with Gasteiger partial charge in [-0.25, -0.2) is 9.67 Å². The SMILES string of the molecule is OC1(CNCc2ccc(-n3cncn3)cc2)CCNC1. The molecule has 20 heavy (non-hydrogen) atoms. The zero-order valence-electron chi connectivity index (χ0n) is 11.3. The average molecular weight is 273 g/mol. The fraction of sp³-hybridized carbons (Fsp3) is 0.429. The highest BCUT2D eigenvalue weighted by atomic mass is 16.3. The molecule has 1 aliphatic rings. The van der Waals surface area contributed by atoms with Crippen molar-refractivity contribution in [1.29, 1.82) is 0 Å². The van der Waals surface area contributed by atoms with E-state index in [4.69, 9.17) is 0 Å². The Hall–Kier alpha value is -1.76. The smallest absolute Gasteiger partial charge is 0.138 e. The van der Waals surface area contributed by atoms with Gasteiger partial charge in [0.05, 0.1) is 11.3 Å². The Morgan fingerprint density at radius 3 is 2.85 bits per heavy atom. The molecule has 2 aromatic rings. The standard InChI is InChI=1S/C14H19N5O/c20-14(5-6-15-8-14)9-16-7-12-1-3-13(4-2-12)19-11-17-10-18-19/h1-4,10-11,15-16,20H,5-9H2. The molecule has 1 aromatic carbocycles. The van der Waals surface area contributed by atoms with Crippen molar-refractivity contribution in [2.45, 2.75) is 18.6 Å². The van der Waals surface area contributed by atoms with Crippen LogP contribution in [0.15, 0.2) is 36.9 Å². The number of benzene rings is 1. The third-order valence-electron chi connectivity index (χ3n) is 3.62. The average Bonchev–Trinajstić information content (AvgIpc) is 3.11. The van der Waals surface area contributed by atoms with Gasteiger partial charge in [-0.15, -0.1) is 0 Å². The molecule has 0 amide bonds. The van der Waals surface area contributed by atoms with Crippen molar-refractivity contribution >= 4 is 0 Å². The van der Waals surface area contributed by atoms with E-state index in [1.165, 1.54) is 11.9 Å². The lowest BCUT2D eigenvalue weighted by Gasteiger charge is -2.21.